The predicted octanol–water partition coefficient (Wildman–Crippen LogP) is 18.4. The van der Waals surface area contributed by atoms with Crippen molar-refractivity contribution in [3.05, 3.63) is 290 Å². The summed E-state index contributed by atoms with van der Waals surface area (Å²) in [7, 11) is 0. The Labute approximate surface area is 493 Å². The molecule has 2 aliphatic rings. The lowest BCUT2D eigenvalue weighted by Gasteiger charge is -2.45. The van der Waals surface area contributed by atoms with Crippen molar-refractivity contribution in [3.8, 4) is 67.4 Å². The van der Waals surface area contributed by atoms with Crippen molar-refractivity contribution in [2.75, 3.05) is 9.80 Å². The Morgan fingerprint density at radius 2 is 0.927 bits per heavy atom. The minimum absolute atomic E-state index is 0.0414. The van der Waals surface area contributed by atoms with Gasteiger partial charge in [-0.05, 0) is 156 Å². The minimum atomic E-state index is -0.563. The first-order valence-corrected chi connectivity index (χ1v) is 27.5. The van der Waals surface area contributed by atoms with Crippen LogP contribution < -0.4 is 26.2 Å². The highest BCUT2D eigenvalue weighted by molar-refractivity contribution is 7.00. The molecule has 0 radical (unpaired) electrons. The molecule has 0 fully saturated rings. The number of rotatable bonds is 8. The van der Waals surface area contributed by atoms with Gasteiger partial charge in [0.2, 0.25) is 0 Å². The lowest BCUT2D eigenvalue weighted by molar-refractivity contribution is 0.590. The van der Waals surface area contributed by atoms with Gasteiger partial charge in [0.05, 0.1) is 36.0 Å². The van der Waals surface area contributed by atoms with Gasteiger partial charge in [0, 0.05) is 44.9 Å². The molecule has 0 atom stereocenters. The molecule has 3 heterocycles. The number of benzene rings is 12. The third-order valence-corrected chi connectivity index (χ3v) is 16.3. The summed E-state index contributed by atoms with van der Waals surface area (Å²) in [6.45, 7) is 5.95. The van der Waals surface area contributed by atoms with Gasteiger partial charge in [0.1, 0.15) is 6.07 Å². The Morgan fingerprint density at radius 3 is 1.49 bits per heavy atom. The fourth-order valence-electron chi connectivity index (χ4n) is 12.5. The van der Waals surface area contributed by atoms with Crippen LogP contribution >= 0.6 is 0 Å². The fraction of sp³-hybridized carbons (Fsp3) is 0.0519. The van der Waals surface area contributed by atoms with Gasteiger partial charge < -0.3 is 14.4 Å². The topological polar surface area (TPSA) is 35.2 Å². The van der Waals surface area contributed by atoms with Gasteiger partial charge in [-0.3, -0.25) is 0 Å². The van der Waals surface area contributed by atoms with Crippen molar-refractivity contribution in [1.29, 1.82) is 5.26 Å². The molecule has 4 nitrogen and oxygen atoms in total. The van der Waals surface area contributed by atoms with Crippen LogP contribution in [0, 0.1) is 11.3 Å². The van der Waals surface area contributed by atoms with E-state index in [1.165, 1.54) is 0 Å². The minimum Gasteiger partial charge on any atom is -0.311 e. The molecule has 386 valence electrons. The first-order chi connectivity index (χ1) is 44.4. The van der Waals surface area contributed by atoms with Crippen LogP contribution in [0.15, 0.2) is 279 Å². The van der Waals surface area contributed by atoms with E-state index >= 15 is 0 Å². The summed E-state index contributed by atoms with van der Waals surface area (Å²) in [6.07, 6.45) is 0. The second kappa shape index (κ2) is 19.4. The zero-order valence-electron chi connectivity index (χ0n) is 55.2. The van der Waals surface area contributed by atoms with Crippen LogP contribution in [0.4, 0.5) is 34.1 Å². The highest BCUT2D eigenvalue weighted by Crippen LogP contribution is 2.50. The van der Waals surface area contributed by atoms with Crippen LogP contribution in [0.25, 0.3) is 83.1 Å². The standard InChI is InChI=1S/C77H55BN4/c1-77(2,3)61-47-73-76-74(48-61)81(63-43-59(53-26-13-6-14-27-53)42-60(44-63)54-28-15-7-16-29-54)72-46-57(52-24-11-5-12-25-52)38-41-67(72)78(76)66-40-37-56(51-22-9-4-10-23-51)45-71(66)80(73)62-39-36-58(50-79)70(49-62)82-68-34-20-19-32-65(68)75-64(33-21-35-69(75)82)55-30-17-8-18-31-55/h4-49H,1-3H3/i4D,5D,9D,10D,11D,12D,22D,23D,24D,25D. The third kappa shape index (κ3) is 8.06. The molecular formula is C77H55BN4. The number of hydrogen-bond acceptors (Lipinski definition) is 3. The average Bonchev–Trinajstić information content (AvgIpc) is 0.711. The highest BCUT2D eigenvalue weighted by atomic mass is 15.2. The third-order valence-electron chi connectivity index (χ3n) is 16.3. The molecule has 1 aromatic heterocycles. The second-order valence-corrected chi connectivity index (χ2v) is 22.1. The van der Waals surface area contributed by atoms with Crippen LogP contribution in [0.3, 0.4) is 0 Å². The van der Waals surface area contributed by atoms with Gasteiger partial charge in [0.15, 0.2) is 0 Å². The molecule has 5 heteroatoms. The average molecular weight is 1060 g/mol. The van der Waals surface area contributed by atoms with Crippen molar-refractivity contribution in [2.24, 2.45) is 0 Å². The van der Waals surface area contributed by atoms with Gasteiger partial charge in [0.25, 0.3) is 6.71 Å². The first kappa shape index (κ1) is 39.0. The number of hydrogen-bond donors (Lipinski definition) is 0. The zero-order chi connectivity index (χ0) is 63.8. The molecule has 12 aromatic carbocycles. The summed E-state index contributed by atoms with van der Waals surface area (Å²) < 4.78 is 92.0. The van der Waals surface area contributed by atoms with E-state index in [0.29, 0.717) is 39.4 Å². The number of para-hydroxylation sites is 1. The van der Waals surface area contributed by atoms with Crippen molar-refractivity contribution in [3.63, 3.8) is 0 Å². The molecular weight excluding hydrogens is 992 g/mol. The number of fused-ring (bicyclic) bond motifs is 7. The molecule has 82 heavy (non-hydrogen) atoms. The van der Waals surface area contributed by atoms with Gasteiger partial charge in [-0.1, -0.05) is 227 Å². The first-order valence-electron chi connectivity index (χ1n) is 32.5. The fourth-order valence-corrected chi connectivity index (χ4v) is 12.5. The van der Waals surface area contributed by atoms with Gasteiger partial charge >= 0.3 is 0 Å². The van der Waals surface area contributed by atoms with Crippen LogP contribution in [-0.4, -0.2) is 11.3 Å². The number of aromatic nitrogens is 1. The summed E-state index contributed by atoms with van der Waals surface area (Å²) in [5.74, 6) is 0. The molecule has 2 aliphatic heterocycles. The summed E-state index contributed by atoms with van der Waals surface area (Å²) in [4.78, 5) is 4.46. The SMILES string of the molecule is [2H]c1c([2H])c([2H])c(-c2ccc3c(c2)N(c2cc(-c4ccccc4)cc(-c4ccccc4)c2)c2cc(C(C)(C)C)cc4c2B3c2ccc(-c3c([2H])c([2H])c([2H])c([2H])c3[2H])cc2N4c2ccc(C#N)c(-n3c4ccccc4c4c(-c5ccccc5)cccc43)c2)c([2H])c1[2H]. The van der Waals surface area contributed by atoms with Crippen LogP contribution in [-0.2, 0) is 5.41 Å². The van der Waals surface area contributed by atoms with Crippen molar-refractivity contribution in [2.45, 2.75) is 26.2 Å². The van der Waals surface area contributed by atoms with E-state index in [9.17, 15) is 10.7 Å². The molecule has 0 saturated heterocycles. The van der Waals surface area contributed by atoms with Crippen molar-refractivity contribution >= 4 is 79.0 Å². The molecule has 0 bridgehead atoms. The summed E-state index contributed by atoms with van der Waals surface area (Å²) in [6, 6.07) is 72.1. The van der Waals surface area contributed by atoms with E-state index in [1.54, 1.807) is 0 Å². The smallest absolute Gasteiger partial charge is 0.252 e. The van der Waals surface area contributed by atoms with E-state index in [4.69, 9.17) is 8.22 Å². The normalized spacial score (nSPS) is 14.2. The molecule has 15 rings (SSSR count). The molecule has 0 N–H and O–H groups in total. The lowest BCUT2D eigenvalue weighted by Crippen LogP contribution is -2.61. The monoisotopic (exact) mass is 1060 g/mol. The summed E-state index contributed by atoms with van der Waals surface area (Å²) >= 11 is 0. The maximum atomic E-state index is 11.3. The Morgan fingerprint density at radius 1 is 0.402 bits per heavy atom. The Hall–Kier alpha value is -10.4. The van der Waals surface area contributed by atoms with E-state index in [2.05, 4.69) is 144 Å². The molecule has 0 spiro atoms. The maximum absolute atomic E-state index is 11.3. The summed E-state index contributed by atoms with van der Waals surface area (Å²) in [5.41, 5.74) is 17.2. The largest absolute Gasteiger partial charge is 0.311 e. The van der Waals surface area contributed by atoms with E-state index in [-0.39, 0.29) is 35.3 Å². The number of nitriles is 1. The van der Waals surface area contributed by atoms with Gasteiger partial charge in [-0.15, -0.1) is 0 Å². The second-order valence-electron chi connectivity index (χ2n) is 22.1. The Bertz CT molecular complexity index is 5200. The Kier molecular flexibility index (Phi) is 9.26. The van der Waals surface area contributed by atoms with E-state index < -0.39 is 48.4 Å². The van der Waals surface area contributed by atoms with Crippen molar-refractivity contribution in [1.82, 2.24) is 4.57 Å². The van der Waals surface area contributed by atoms with Crippen LogP contribution in [0.1, 0.15) is 45.6 Å². The van der Waals surface area contributed by atoms with Gasteiger partial charge in [-0.2, -0.15) is 5.26 Å². The molecule has 0 aliphatic carbocycles. The Balaban J connectivity index is 1.07. The number of nitrogens with zero attached hydrogens (tertiary/aromatic N) is 4. The van der Waals surface area contributed by atoms with E-state index in [1.807, 2.05) is 115 Å². The zero-order valence-corrected chi connectivity index (χ0v) is 45.2. The highest BCUT2D eigenvalue weighted by Gasteiger charge is 2.45. The van der Waals surface area contributed by atoms with Crippen LogP contribution in [0.5, 0.6) is 0 Å². The van der Waals surface area contributed by atoms with Crippen molar-refractivity contribution < 1.29 is 13.7 Å². The summed E-state index contributed by atoms with van der Waals surface area (Å²) in [5, 5.41) is 13.3. The lowest BCUT2D eigenvalue weighted by atomic mass is 9.33. The maximum Gasteiger partial charge on any atom is 0.252 e. The molecule has 0 saturated carbocycles. The quantitative estimate of drug-likeness (QED) is 0.142. The molecule has 0 amide bonds. The van der Waals surface area contributed by atoms with E-state index in [0.717, 1.165) is 94.2 Å². The van der Waals surface area contributed by atoms with Gasteiger partial charge in [-0.25, -0.2) is 0 Å². The molecule has 0 unspecified atom stereocenters. The predicted molar refractivity (Wildman–Crippen MR) is 345 cm³/mol. The number of anilines is 6. The van der Waals surface area contributed by atoms with Crippen LogP contribution in [0.2, 0.25) is 0 Å². The molecule has 13 aromatic rings.